The van der Waals surface area contributed by atoms with E-state index in [9.17, 15) is 10.1 Å². The van der Waals surface area contributed by atoms with E-state index in [2.05, 4.69) is 0 Å². The zero-order valence-electron chi connectivity index (χ0n) is 8.37. The summed E-state index contributed by atoms with van der Waals surface area (Å²) in [6, 6.07) is 9.25. The van der Waals surface area contributed by atoms with Crippen LogP contribution >= 0.6 is 0 Å². The topological polar surface area (TPSA) is 82.3 Å². The summed E-state index contributed by atoms with van der Waals surface area (Å²) < 4.78 is 5.17. The van der Waals surface area contributed by atoms with E-state index in [1.165, 1.54) is 12.1 Å². The molecule has 82 valence electrons. The zero-order valence-corrected chi connectivity index (χ0v) is 8.37. The third kappa shape index (κ3) is 1.94. The van der Waals surface area contributed by atoms with E-state index >= 15 is 0 Å². The van der Waals surface area contributed by atoms with Gasteiger partial charge >= 0.3 is 0 Å². The van der Waals surface area contributed by atoms with E-state index in [1.54, 1.807) is 30.5 Å². The summed E-state index contributed by atoms with van der Waals surface area (Å²) >= 11 is 0. The lowest BCUT2D eigenvalue weighted by Crippen LogP contribution is -2.10. The monoisotopic (exact) mass is 218 g/mol. The minimum absolute atomic E-state index is 0.0513. The molecule has 2 aromatic rings. The molecule has 0 saturated carbocycles. The molecule has 2 N–H and O–H groups in total. The molecule has 0 saturated heterocycles. The Balaban J connectivity index is 2.25. The van der Waals surface area contributed by atoms with E-state index in [4.69, 9.17) is 10.2 Å². The molecule has 1 heterocycles. The van der Waals surface area contributed by atoms with Crippen molar-refractivity contribution < 1.29 is 9.34 Å². The van der Waals surface area contributed by atoms with Crippen LogP contribution in [0.15, 0.2) is 47.1 Å². The van der Waals surface area contributed by atoms with Gasteiger partial charge in [0.2, 0.25) is 0 Å². The highest BCUT2D eigenvalue weighted by Gasteiger charge is 2.13. The van der Waals surface area contributed by atoms with E-state index in [0.29, 0.717) is 5.76 Å². The number of hydrogen-bond acceptors (Lipinski definition) is 4. The van der Waals surface area contributed by atoms with Crippen molar-refractivity contribution >= 4 is 5.69 Å². The van der Waals surface area contributed by atoms with Crippen molar-refractivity contribution in [2.45, 2.75) is 6.04 Å². The Morgan fingerprint density at radius 2 is 1.94 bits per heavy atom. The summed E-state index contributed by atoms with van der Waals surface area (Å²) in [5.41, 5.74) is 6.75. The van der Waals surface area contributed by atoms with Gasteiger partial charge in [-0.3, -0.25) is 10.1 Å². The van der Waals surface area contributed by atoms with Gasteiger partial charge in [0.25, 0.3) is 5.69 Å². The first kappa shape index (κ1) is 10.4. The zero-order chi connectivity index (χ0) is 11.5. The SMILES string of the molecule is NC(c1ccc([N+](=O)[O-])cc1)c1ccco1. The Kier molecular flexibility index (Phi) is 2.70. The predicted octanol–water partition coefficient (Wildman–Crippen LogP) is 2.24. The minimum atomic E-state index is -0.442. The van der Waals surface area contributed by atoms with Crippen LogP contribution < -0.4 is 5.73 Å². The summed E-state index contributed by atoms with van der Waals surface area (Å²) in [5, 5.41) is 10.5. The van der Waals surface area contributed by atoms with Crippen LogP contribution in [0.4, 0.5) is 5.69 Å². The van der Waals surface area contributed by atoms with Crippen molar-refractivity contribution in [2.24, 2.45) is 5.73 Å². The predicted molar refractivity (Wildman–Crippen MR) is 57.8 cm³/mol. The van der Waals surface area contributed by atoms with Crippen molar-refractivity contribution in [3.63, 3.8) is 0 Å². The number of benzene rings is 1. The molecular formula is C11H10N2O3. The number of nitrogens with zero attached hydrogens (tertiary/aromatic N) is 1. The third-order valence-corrected chi connectivity index (χ3v) is 2.31. The van der Waals surface area contributed by atoms with Crippen LogP contribution in [0.2, 0.25) is 0 Å². The van der Waals surface area contributed by atoms with Crippen LogP contribution in [0.1, 0.15) is 17.4 Å². The average Bonchev–Trinajstić information content (AvgIpc) is 2.81. The quantitative estimate of drug-likeness (QED) is 0.632. The van der Waals surface area contributed by atoms with Crippen LogP contribution in [-0.2, 0) is 0 Å². The molecule has 0 radical (unpaired) electrons. The molecule has 5 heteroatoms. The number of nitro benzene ring substituents is 1. The Labute approximate surface area is 91.6 Å². The fraction of sp³-hybridized carbons (Fsp3) is 0.0909. The normalized spacial score (nSPS) is 12.3. The van der Waals surface area contributed by atoms with E-state index in [1.807, 2.05) is 0 Å². The molecule has 16 heavy (non-hydrogen) atoms. The Bertz CT molecular complexity index is 476. The summed E-state index contributed by atoms with van der Waals surface area (Å²) in [7, 11) is 0. The number of nitro groups is 1. The maximum Gasteiger partial charge on any atom is 0.269 e. The second kappa shape index (κ2) is 4.16. The Morgan fingerprint density at radius 1 is 1.25 bits per heavy atom. The summed E-state index contributed by atoms with van der Waals surface area (Å²) in [6.45, 7) is 0. The molecule has 1 unspecified atom stereocenters. The number of nitrogens with two attached hydrogens (primary N) is 1. The maximum atomic E-state index is 10.5. The Morgan fingerprint density at radius 3 is 2.44 bits per heavy atom. The molecule has 0 aliphatic carbocycles. The summed E-state index contributed by atoms with van der Waals surface area (Å²) in [6.07, 6.45) is 1.54. The van der Waals surface area contributed by atoms with Gasteiger partial charge in [0.05, 0.1) is 17.2 Å². The van der Waals surface area contributed by atoms with Crippen LogP contribution in [0.3, 0.4) is 0 Å². The van der Waals surface area contributed by atoms with E-state index in [-0.39, 0.29) is 5.69 Å². The van der Waals surface area contributed by atoms with Gasteiger partial charge in [-0.2, -0.15) is 0 Å². The van der Waals surface area contributed by atoms with Gasteiger partial charge in [-0.15, -0.1) is 0 Å². The van der Waals surface area contributed by atoms with Crippen LogP contribution in [0.25, 0.3) is 0 Å². The minimum Gasteiger partial charge on any atom is -0.467 e. The first-order valence-corrected chi connectivity index (χ1v) is 4.72. The maximum absolute atomic E-state index is 10.5. The van der Waals surface area contributed by atoms with Gasteiger partial charge in [-0.1, -0.05) is 12.1 Å². The largest absolute Gasteiger partial charge is 0.467 e. The molecule has 0 bridgehead atoms. The average molecular weight is 218 g/mol. The molecule has 0 fully saturated rings. The highest BCUT2D eigenvalue weighted by molar-refractivity contribution is 5.36. The summed E-state index contributed by atoms with van der Waals surface area (Å²) in [4.78, 5) is 10.0. The molecule has 5 nitrogen and oxygen atoms in total. The lowest BCUT2D eigenvalue weighted by molar-refractivity contribution is -0.384. The molecule has 1 atom stereocenters. The van der Waals surface area contributed by atoms with Gasteiger partial charge in [0.1, 0.15) is 5.76 Å². The smallest absolute Gasteiger partial charge is 0.269 e. The van der Waals surface area contributed by atoms with Crippen LogP contribution in [0, 0.1) is 10.1 Å². The van der Waals surface area contributed by atoms with Gasteiger partial charge < -0.3 is 10.2 Å². The fourth-order valence-corrected chi connectivity index (χ4v) is 1.44. The molecule has 1 aromatic carbocycles. The van der Waals surface area contributed by atoms with Gasteiger partial charge in [0, 0.05) is 12.1 Å². The highest BCUT2D eigenvalue weighted by atomic mass is 16.6. The second-order valence-electron chi connectivity index (χ2n) is 3.34. The van der Waals surface area contributed by atoms with Crippen LogP contribution in [0.5, 0.6) is 0 Å². The Hall–Kier alpha value is -2.14. The van der Waals surface area contributed by atoms with E-state index < -0.39 is 11.0 Å². The lowest BCUT2D eigenvalue weighted by atomic mass is 10.1. The number of rotatable bonds is 3. The molecule has 0 aliphatic heterocycles. The van der Waals surface area contributed by atoms with Crippen LogP contribution in [-0.4, -0.2) is 4.92 Å². The van der Waals surface area contributed by atoms with Crippen molar-refractivity contribution in [3.05, 3.63) is 64.1 Å². The number of non-ortho nitro benzene ring substituents is 1. The van der Waals surface area contributed by atoms with Crippen molar-refractivity contribution in [1.82, 2.24) is 0 Å². The highest BCUT2D eigenvalue weighted by Crippen LogP contribution is 2.21. The van der Waals surface area contributed by atoms with Crippen molar-refractivity contribution in [1.29, 1.82) is 0 Å². The van der Waals surface area contributed by atoms with Crippen molar-refractivity contribution in [3.8, 4) is 0 Å². The second-order valence-corrected chi connectivity index (χ2v) is 3.34. The number of furan rings is 1. The first-order chi connectivity index (χ1) is 7.68. The number of hydrogen-bond donors (Lipinski definition) is 1. The molecule has 2 rings (SSSR count). The molecule has 1 aromatic heterocycles. The van der Waals surface area contributed by atoms with Gasteiger partial charge in [-0.05, 0) is 17.7 Å². The van der Waals surface area contributed by atoms with Gasteiger partial charge in [-0.25, -0.2) is 0 Å². The van der Waals surface area contributed by atoms with Crippen molar-refractivity contribution in [2.75, 3.05) is 0 Å². The summed E-state index contributed by atoms with van der Waals surface area (Å²) in [5.74, 6) is 0.633. The molecule has 0 amide bonds. The lowest BCUT2D eigenvalue weighted by Gasteiger charge is -2.08. The van der Waals surface area contributed by atoms with Gasteiger partial charge in [0.15, 0.2) is 0 Å². The molecule has 0 spiro atoms. The molecule has 0 aliphatic rings. The standard InChI is InChI=1S/C11H10N2O3/c12-11(10-2-1-7-16-10)8-3-5-9(6-4-8)13(14)15/h1-7,11H,12H2. The fourth-order valence-electron chi connectivity index (χ4n) is 1.44. The first-order valence-electron chi connectivity index (χ1n) is 4.72. The molecular weight excluding hydrogens is 208 g/mol. The van der Waals surface area contributed by atoms with E-state index in [0.717, 1.165) is 5.56 Å². The third-order valence-electron chi connectivity index (χ3n) is 2.31.